The van der Waals surface area contributed by atoms with Gasteiger partial charge in [0.05, 0.1) is 17.9 Å². The molecule has 166 valence electrons. The van der Waals surface area contributed by atoms with E-state index in [1.165, 1.54) is 17.4 Å². The average molecular weight is 452 g/mol. The molecule has 1 aliphatic heterocycles. The van der Waals surface area contributed by atoms with E-state index >= 15 is 0 Å². The van der Waals surface area contributed by atoms with E-state index in [4.69, 9.17) is 15.5 Å². The lowest BCUT2D eigenvalue weighted by Crippen LogP contribution is -2.34. The van der Waals surface area contributed by atoms with Gasteiger partial charge in [-0.25, -0.2) is 14.3 Å². The standard InChI is InChI=1S/C23H25N5O3S/c1-4-31-23(30)19-20(24)26-28-8-7-16(25-21(19)28)14-9-15-11-27(12(2)13-5-6-13)22(29)18(15)17(10-14)32-3/h7-10,12-13H,4-6,11H2,1-3H3,(H2,24,26)/t12-/m0/s1. The zero-order chi connectivity index (χ0) is 22.6. The molecule has 2 N–H and O–H groups in total. The van der Waals surface area contributed by atoms with Crippen molar-refractivity contribution in [1.29, 1.82) is 0 Å². The minimum Gasteiger partial charge on any atom is -0.462 e. The second-order valence-corrected chi connectivity index (χ2v) is 9.13. The number of thioether (sulfide) groups is 1. The van der Waals surface area contributed by atoms with Crippen LogP contribution >= 0.6 is 11.8 Å². The van der Waals surface area contributed by atoms with Crippen LogP contribution < -0.4 is 5.73 Å². The maximum atomic E-state index is 13.2. The van der Waals surface area contributed by atoms with Crippen LogP contribution in [0.25, 0.3) is 16.9 Å². The molecule has 1 amide bonds. The van der Waals surface area contributed by atoms with Crippen LogP contribution in [-0.4, -0.2) is 50.3 Å². The monoisotopic (exact) mass is 451 g/mol. The number of hydrogen-bond acceptors (Lipinski definition) is 7. The fourth-order valence-electron chi connectivity index (χ4n) is 4.42. The van der Waals surface area contributed by atoms with Gasteiger partial charge < -0.3 is 15.4 Å². The first-order chi connectivity index (χ1) is 15.4. The number of esters is 1. The Kier molecular flexibility index (Phi) is 5.08. The first kappa shape index (κ1) is 20.8. The summed E-state index contributed by atoms with van der Waals surface area (Å²) in [5.74, 6) is 0.274. The summed E-state index contributed by atoms with van der Waals surface area (Å²) in [6.07, 6.45) is 6.11. The first-order valence-corrected chi connectivity index (χ1v) is 12.0. The molecule has 0 radical (unpaired) electrons. The van der Waals surface area contributed by atoms with E-state index in [-0.39, 0.29) is 29.9 Å². The van der Waals surface area contributed by atoms with Crippen molar-refractivity contribution in [2.24, 2.45) is 5.92 Å². The third kappa shape index (κ3) is 3.31. The Morgan fingerprint density at radius 1 is 1.38 bits per heavy atom. The number of carbonyl (C=O) groups is 2. The number of ether oxygens (including phenoxy) is 1. The number of amides is 1. The zero-order valence-electron chi connectivity index (χ0n) is 18.3. The Morgan fingerprint density at radius 2 is 2.16 bits per heavy atom. The molecule has 2 aromatic heterocycles. The first-order valence-electron chi connectivity index (χ1n) is 10.8. The number of benzene rings is 1. The number of rotatable bonds is 6. The van der Waals surface area contributed by atoms with Crippen molar-refractivity contribution in [3.05, 3.63) is 41.1 Å². The van der Waals surface area contributed by atoms with Crippen LogP contribution in [0, 0.1) is 5.92 Å². The summed E-state index contributed by atoms with van der Waals surface area (Å²) in [4.78, 5) is 33.2. The van der Waals surface area contributed by atoms with Crippen LogP contribution in [0.5, 0.6) is 0 Å². The van der Waals surface area contributed by atoms with Gasteiger partial charge in [-0.2, -0.15) is 0 Å². The molecule has 1 saturated carbocycles. The lowest BCUT2D eigenvalue weighted by atomic mass is 10.0. The van der Waals surface area contributed by atoms with E-state index in [1.54, 1.807) is 24.9 Å². The van der Waals surface area contributed by atoms with E-state index in [1.807, 2.05) is 29.4 Å². The van der Waals surface area contributed by atoms with Crippen molar-refractivity contribution in [3.63, 3.8) is 0 Å². The van der Waals surface area contributed by atoms with E-state index < -0.39 is 5.97 Å². The molecule has 0 saturated heterocycles. The number of aromatic nitrogens is 3. The number of hydrogen-bond donors (Lipinski definition) is 1. The van der Waals surface area contributed by atoms with Crippen LogP contribution in [0.4, 0.5) is 5.82 Å². The summed E-state index contributed by atoms with van der Waals surface area (Å²) in [5, 5.41) is 4.18. The van der Waals surface area contributed by atoms with E-state index in [2.05, 4.69) is 12.0 Å². The summed E-state index contributed by atoms with van der Waals surface area (Å²) in [6.45, 7) is 4.74. The Morgan fingerprint density at radius 3 is 2.84 bits per heavy atom. The lowest BCUT2D eigenvalue weighted by molar-refractivity contribution is 0.0529. The summed E-state index contributed by atoms with van der Waals surface area (Å²) in [5.41, 5.74) is 9.87. The van der Waals surface area contributed by atoms with Gasteiger partial charge in [0.25, 0.3) is 5.91 Å². The second-order valence-electron chi connectivity index (χ2n) is 8.29. The second kappa shape index (κ2) is 7.81. The van der Waals surface area contributed by atoms with E-state index in [0.29, 0.717) is 23.8 Å². The van der Waals surface area contributed by atoms with Gasteiger partial charge in [0.15, 0.2) is 11.5 Å². The Balaban J connectivity index is 1.57. The van der Waals surface area contributed by atoms with Gasteiger partial charge in [-0.1, -0.05) is 0 Å². The Labute approximate surface area is 190 Å². The molecule has 0 unspecified atom stereocenters. The molecule has 1 aliphatic carbocycles. The fraction of sp³-hybridized carbons (Fsp3) is 0.391. The third-order valence-electron chi connectivity index (χ3n) is 6.30. The molecule has 2 aliphatic rings. The number of nitrogen functional groups attached to an aromatic ring is 1. The van der Waals surface area contributed by atoms with Gasteiger partial charge in [0.2, 0.25) is 0 Å². The van der Waals surface area contributed by atoms with Crippen LogP contribution in [0.2, 0.25) is 0 Å². The lowest BCUT2D eigenvalue weighted by Gasteiger charge is -2.24. The molecular formula is C23H25N5O3S. The Bertz CT molecular complexity index is 1250. The normalized spacial score (nSPS) is 16.5. The Hall–Kier alpha value is -3.07. The predicted octanol–water partition coefficient (Wildman–Crippen LogP) is 3.63. The van der Waals surface area contributed by atoms with Gasteiger partial charge in [0.1, 0.15) is 5.56 Å². The summed E-state index contributed by atoms with van der Waals surface area (Å²) in [7, 11) is 0. The molecule has 3 heterocycles. The summed E-state index contributed by atoms with van der Waals surface area (Å²) in [6, 6.07) is 6.12. The van der Waals surface area contributed by atoms with Crippen molar-refractivity contribution in [3.8, 4) is 11.3 Å². The van der Waals surface area contributed by atoms with Crippen LogP contribution in [0.15, 0.2) is 29.3 Å². The van der Waals surface area contributed by atoms with Crippen molar-refractivity contribution in [2.75, 3.05) is 18.6 Å². The maximum absolute atomic E-state index is 13.2. The number of nitrogens with zero attached hydrogens (tertiary/aromatic N) is 4. The minimum atomic E-state index is -0.543. The number of fused-ring (bicyclic) bond motifs is 2. The SMILES string of the molecule is CCOC(=O)c1c(N)nn2ccc(-c3cc4c(c(SC)c3)C(=O)N([C@@H](C)C3CC3)C4)nc12. The molecule has 9 heteroatoms. The highest BCUT2D eigenvalue weighted by atomic mass is 32.2. The highest BCUT2D eigenvalue weighted by Crippen LogP contribution is 2.41. The molecule has 5 rings (SSSR count). The molecule has 3 aromatic rings. The molecule has 1 aromatic carbocycles. The van der Waals surface area contributed by atoms with Crippen LogP contribution in [0.1, 0.15) is 53.0 Å². The van der Waals surface area contributed by atoms with Gasteiger partial charge in [-0.15, -0.1) is 16.9 Å². The molecule has 1 fully saturated rings. The molecule has 0 spiro atoms. The van der Waals surface area contributed by atoms with Crippen molar-refractivity contribution in [1.82, 2.24) is 19.5 Å². The van der Waals surface area contributed by atoms with Gasteiger partial charge in [-0.05, 0) is 62.6 Å². The maximum Gasteiger partial charge on any atom is 0.345 e. The van der Waals surface area contributed by atoms with Gasteiger partial charge >= 0.3 is 5.97 Å². The van der Waals surface area contributed by atoms with E-state index in [0.717, 1.165) is 21.6 Å². The zero-order valence-corrected chi connectivity index (χ0v) is 19.1. The number of carbonyl (C=O) groups excluding carboxylic acids is 2. The quantitative estimate of drug-likeness (QED) is 0.451. The minimum absolute atomic E-state index is 0.0853. The van der Waals surface area contributed by atoms with Crippen LogP contribution in [0.3, 0.4) is 0 Å². The molecule has 32 heavy (non-hydrogen) atoms. The molecular weight excluding hydrogens is 426 g/mol. The average Bonchev–Trinajstić information content (AvgIpc) is 3.50. The highest BCUT2D eigenvalue weighted by Gasteiger charge is 2.39. The third-order valence-corrected chi connectivity index (χ3v) is 7.06. The van der Waals surface area contributed by atoms with Crippen molar-refractivity contribution in [2.45, 2.75) is 44.2 Å². The van der Waals surface area contributed by atoms with Crippen molar-refractivity contribution >= 4 is 35.1 Å². The summed E-state index contributed by atoms with van der Waals surface area (Å²) < 4.78 is 6.61. The molecule has 0 bridgehead atoms. The largest absolute Gasteiger partial charge is 0.462 e. The smallest absolute Gasteiger partial charge is 0.345 e. The summed E-state index contributed by atoms with van der Waals surface area (Å²) >= 11 is 1.56. The van der Waals surface area contributed by atoms with E-state index in [9.17, 15) is 9.59 Å². The highest BCUT2D eigenvalue weighted by molar-refractivity contribution is 7.98. The molecule has 1 atom stereocenters. The molecule has 8 nitrogen and oxygen atoms in total. The number of nitrogens with two attached hydrogens (primary N) is 1. The fourth-order valence-corrected chi connectivity index (χ4v) is 5.08. The number of anilines is 1. The van der Waals surface area contributed by atoms with Crippen LogP contribution in [-0.2, 0) is 11.3 Å². The van der Waals surface area contributed by atoms with Gasteiger partial charge in [0, 0.05) is 29.2 Å². The van der Waals surface area contributed by atoms with Crippen molar-refractivity contribution < 1.29 is 14.3 Å². The topological polar surface area (TPSA) is 103 Å². The van der Waals surface area contributed by atoms with Gasteiger partial charge in [-0.3, -0.25) is 4.79 Å². The predicted molar refractivity (Wildman–Crippen MR) is 123 cm³/mol.